The highest BCUT2D eigenvalue weighted by molar-refractivity contribution is 7.89. The molecule has 0 unspecified atom stereocenters. The van der Waals surface area contributed by atoms with Crippen molar-refractivity contribution >= 4 is 21.1 Å². The molecule has 0 amide bonds. The van der Waals surface area contributed by atoms with Crippen molar-refractivity contribution in [2.75, 3.05) is 6.61 Å². The van der Waals surface area contributed by atoms with Crippen LogP contribution in [-0.2, 0) is 16.4 Å². The van der Waals surface area contributed by atoms with Gasteiger partial charge in [-0.05, 0) is 59.5 Å². The zero-order valence-electron chi connectivity index (χ0n) is 16.0. The molecule has 4 rings (SSSR count). The Morgan fingerprint density at radius 3 is 2.43 bits per heavy atom. The first-order valence-electron chi connectivity index (χ1n) is 9.40. The maximum atomic E-state index is 12.8. The number of aliphatic hydroxyl groups is 1. The minimum atomic E-state index is -3.81. The molecule has 2 heterocycles. The Kier molecular flexibility index (Phi) is 5.54. The molecule has 2 aromatic heterocycles. The summed E-state index contributed by atoms with van der Waals surface area (Å²) in [5, 5.41) is 20.0. The van der Waals surface area contributed by atoms with Crippen LogP contribution >= 0.6 is 0 Å². The van der Waals surface area contributed by atoms with Crippen LogP contribution in [0.15, 0.2) is 78.0 Å². The number of nitrogens with one attached hydrogen (secondary N) is 2. The second kappa shape index (κ2) is 8.27. The number of phenolic OH excluding ortho intramolecular Hbond substituents is 1. The minimum Gasteiger partial charge on any atom is -0.508 e. The van der Waals surface area contributed by atoms with E-state index < -0.39 is 16.1 Å². The van der Waals surface area contributed by atoms with E-state index in [-0.39, 0.29) is 17.3 Å². The van der Waals surface area contributed by atoms with Crippen molar-refractivity contribution in [1.82, 2.24) is 14.7 Å². The third kappa shape index (κ3) is 4.20. The quantitative estimate of drug-likeness (QED) is 0.365. The molecule has 0 aliphatic heterocycles. The van der Waals surface area contributed by atoms with Gasteiger partial charge in [-0.25, -0.2) is 18.1 Å². The van der Waals surface area contributed by atoms with Crippen molar-refractivity contribution < 1.29 is 18.6 Å². The zero-order chi connectivity index (χ0) is 21.1. The van der Waals surface area contributed by atoms with Crippen molar-refractivity contribution in [1.29, 1.82) is 0 Å². The van der Waals surface area contributed by atoms with Crippen LogP contribution in [0.2, 0.25) is 0 Å². The molecule has 30 heavy (non-hydrogen) atoms. The minimum absolute atomic E-state index is 0.120. The van der Waals surface area contributed by atoms with Crippen molar-refractivity contribution in [3.05, 3.63) is 78.6 Å². The highest BCUT2D eigenvalue weighted by Gasteiger charge is 2.20. The summed E-state index contributed by atoms with van der Waals surface area (Å²) in [7, 11) is -3.81. The molecule has 4 N–H and O–H groups in total. The molecule has 8 heteroatoms. The van der Waals surface area contributed by atoms with Gasteiger partial charge in [0.1, 0.15) is 11.4 Å². The summed E-state index contributed by atoms with van der Waals surface area (Å²) in [6, 6.07) is 16.2. The normalized spacial score (nSPS) is 12.8. The lowest BCUT2D eigenvalue weighted by atomic mass is 10.0. The van der Waals surface area contributed by atoms with Gasteiger partial charge in [0.05, 0.1) is 11.5 Å². The predicted molar refractivity (Wildman–Crippen MR) is 115 cm³/mol. The Labute approximate surface area is 174 Å². The van der Waals surface area contributed by atoms with Crippen LogP contribution in [-0.4, -0.2) is 41.2 Å². The number of fused-ring (bicyclic) bond motifs is 1. The molecule has 0 aliphatic rings. The van der Waals surface area contributed by atoms with E-state index in [4.69, 9.17) is 0 Å². The fourth-order valence-electron chi connectivity index (χ4n) is 3.37. The molecular weight excluding hydrogens is 402 g/mol. The molecule has 1 atom stereocenters. The number of sulfonamides is 1. The number of H-pyrrole nitrogens is 1. The largest absolute Gasteiger partial charge is 0.508 e. The smallest absolute Gasteiger partial charge is 0.240 e. The van der Waals surface area contributed by atoms with Crippen LogP contribution in [0.5, 0.6) is 5.75 Å². The summed E-state index contributed by atoms with van der Waals surface area (Å²) >= 11 is 0. The maximum absolute atomic E-state index is 12.8. The van der Waals surface area contributed by atoms with Crippen LogP contribution in [0.1, 0.15) is 5.56 Å². The van der Waals surface area contributed by atoms with E-state index in [1.165, 1.54) is 12.1 Å². The van der Waals surface area contributed by atoms with Gasteiger partial charge in [0.15, 0.2) is 0 Å². The van der Waals surface area contributed by atoms with E-state index in [2.05, 4.69) is 14.7 Å². The molecule has 2 aromatic carbocycles. The number of hydrogen-bond acceptors (Lipinski definition) is 5. The Morgan fingerprint density at radius 1 is 1.00 bits per heavy atom. The number of hydrogen-bond donors (Lipinski definition) is 4. The van der Waals surface area contributed by atoms with Crippen LogP contribution < -0.4 is 4.72 Å². The van der Waals surface area contributed by atoms with E-state index in [0.717, 1.165) is 27.7 Å². The molecule has 0 saturated heterocycles. The second-order valence-corrected chi connectivity index (χ2v) is 8.71. The molecule has 0 saturated carbocycles. The molecule has 7 nitrogen and oxygen atoms in total. The van der Waals surface area contributed by atoms with E-state index in [1.54, 1.807) is 42.6 Å². The van der Waals surface area contributed by atoms with Crippen LogP contribution in [0.25, 0.3) is 22.2 Å². The van der Waals surface area contributed by atoms with Crippen molar-refractivity contribution in [3.8, 4) is 16.9 Å². The summed E-state index contributed by atoms with van der Waals surface area (Å²) < 4.78 is 28.1. The predicted octanol–water partition coefficient (Wildman–Crippen LogP) is 2.82. The molecule has 0 spiro atoms. The second-order valence-electron chi connectivity index (χ2n) is 6.99. The number of aromatic hydroxyl groups is 1. The first-order chi connectivity index (χ1) is 14.5. The number of aromatic nitrogens is 2. The Balaban J connectivity index is 1.53. The summed E-state index contributed by atoms with van der Waals surface area (Å²) in [5.41, 5.74) is 3.41. The van der Waals surface area contributed by atoms with Crippen molar-refractivity contribution in [3.63, 3.8) is 0 Å². The lowest BCUT2D eigenvalue weighted by Crippen LogP contribution is -2.39. The maximum Gasteiger partial charge on any atom is 0.240 e. The monoisotopic (exact) mass is 423 g/mol. The van der Waals surface area contributed by atoms with Crippen LogP contribution in [0.4, 0.5) is 0 Å². The zero-order valence-corrected chi connectivity index (χ0v) is 16.8. The molecule has 154 valence electrons. The summed E-state index contributed by atoms with van der Waals surface area (Å²) in [6.07, 6.45) is 3.82. The average molecular weight is 423 g/mol. The number of phenols is 1. The fraction of sp³-hybridized carbons (Fsp3) is 0.136. The summed E-state index contributed by atoms with van der Waals surface area (Å²) in [6.45, 7) is -0.347. The number of rotatable bonds is 7. The first-order valence-corrected chi connectivity index (χ1v) is 10.9. The molecule has 0 bridgehead atoms. The number of nitrogens with zero attached hydrogens (tertiary/aromatic N) is 1. The standard InChI is InChI=1S/C22H21N3O4S/c26-14-17(13-15-1-5-18(27)6-2-15)25-30(28,29)19-7-3-16(4-8-19)20-9-11-23-22-21(20)10-12-24-22/h1-12,17,25-27H,13-14H2,(H,23,24)/t17-/m1/s1. The first kappa shape index (κ1) is 20.1. The third-order valence-corrected chi connectivity index (χ3v) is 6.43. The van der Waals surface area contributed by atoms with E-state index in [9.17, 15) is 18.6 Å². The Hall–Kier alpha value is -3.20. The third-order valence-electron chi connectivity index (χ3n) is 4.90. The fourth-order valence-corrected chi connectivity index (χ4v) is 4.60. The topological polar surface area (TPSA) is 115 Å². The van der Waals surface area contributed by atoms with Gasteiger partial charge in [0.2, 0.25) is 10.0 Å². The molecule has 4 aromatic rings. The van der Waals surface area contributed by atoms with Gasteiger partial charge in [0.25, 0.3) is 0 Å². The van der Waals surface area contributed by atoms with Crippen molar-refractivity contribution in [2.45, 2.75) is 17.4 Å². The number of benzene rings is 2. The Bertz CT molecular complexity index is 1250. The lowest BCUT2D eigenvalue weighted by molar-refractivity contribution is 0.256. The number of aromatic amines is 1. The van der Waals surface area contributed by atoms with Gasteiger partial charge in [-0.15, -0.1) is 0 Å². The lowest BCUT2D eigenvalue weighted by Gasteiger charge is -2.17. The van der Waals surface area contributed by atoms with Gasteiger partial charge >= 0.3 is 0 Å². The Morgan fingerprint density at radius 2 is 1.73 bits per heavy atom. The van der Waals surface area contributed by atoms with Gasteiger partial charge < -0.3 is 15.2 Å². The van der Waals surface area contributed by atoms with Crippen LogP contribution in [0, 0.1) is 0 Å². The molecular formula is C22H21N3O4S. The van der Waals surface area contributed by atoms with Gasteiger partial charge in [-0.1, -0.05) is 24.3 Å². The summed E-state index contributed by atoms with van der Waals surface area (Å²) in [4.78, 5) is 7.45. The number of pyridine rings is 1. The highest BCUT2D eigenvalue weighted by Crippen LogP contribution is 2.27. The SMILES string of the molecule is O=S(=O)(N[C@@H](CO)Cc1ccc(O)cc1)c1ccc(-c2ccnc3[nH]ccc23)cc1. The highest BCUT2D eigenvalue weighted by atomic mass is 32.2. The van der Waals surface area contributed by atoms with Gasteiger partial charge in [0, 0.05) is 23.8 Å². The van der Waals surface area contributed by atoms with E-state index in [0.29, 0.717) is 6.42 Å². The molecule has 0 aliphatic carbocycles. The van der Waals surface area contributed by atoms with Gasteiger partial charge in [-0.2, -0.15) is 0 Å². The number of aliphatic hydroxyl groups excluding tert-OH is 1. The van der Waals surface area contributed by atoms with E-state index in [1.807, 2.05) is 18.3 Å². The molecule has 0 radical (unpaired) electrons. The average Bonchev–Trinajstić information content (AvgIpc) is 3.24. The van der Waals surface area contributed by atoms with Crippen LogP contribution in [0.3, 0.4) is 0 Å². The van der Waals surface area contributed by atoms with Crippen molar-refractivity contribution in [2.24, 2.45) is 0 Å². The summed E-state index contributed by atoms with van der Waals surface area (Å²) in [5.74, 6) is 0.131. The van der Waals surface area contributed by atoms with E-state index >= 15 is 0 Å². The molecule has 0 fully saturated rings. The van der Waals surface area contributed by atoms with Gasteiger partial charge in [-0.3, -0.25) is 0 Å².